The van der Waals surface area contributed by atoms with Gasteiger partial charge in [0.15, 0.2) is 0 Å². The summed E-state index contributed by atoms with van der Waals surface area (Å²) < 4.78 is 5.32. The van der Waals surface area contributed by atoms with Crippen LogP contribution in [0.5, 0.6) is 5.75 Å². The molecule has 1 fully saturated rings. The van der Waals surface area contributed by atoms with E-state index in [1.165, 1.54) is 18.4 Å². The molecule has 0 unspecified atom stereocenters. The van der Waals surface area contributed by atoms with Crippen LogP contribution in [0.3, 0.4) is 0 Å². The van der Waals surface area contributed by atoms with Crippen LogP contribution >= 0.6 is 0 Å². The third-order valence-corrected chi connectivity index (χ3v) is 3.02. The van der Waals surface area contributed by atoms with Gasteiger partial charge in [-0.15, -0.1) is 0 Å². The highest BCUT2D eigenvalue weighted by molar-refractivity contribution is 5.34. The molecule has 0 atom stereocenters. The molecule has 0 radical (unpaired) electrons. The van der Waals surface area contributed by atoms with Gasteiger partial charge in [-0.1, -0.05) is 30.4 Å². The van der Waals surface area contributed by atoms with Gasteiger partial charge in [-0.05, 0) is 43.9 Å². The van der Waals surface area contributed by atoms with Gasteiger partial charge in [-0.3, -0.25) is 0 Å². The molecule has 1 aromatic carbocycles. The van der Waals surface area contributed by atoms with E-state index >= 15 is 0 Å². The average Bonchev–Trinajstić information content (AvgIpc) is 3.18. The van der Waals surface area contributed by atoms with Gasteiger partial charge >= 0.3 is 0 Å². The lowest BCUT2D eigenvalue weighted by atomic mass is 10.1. The minimum absolute atomic E-state index is 0.817. The molecule has 0 aliphatic heterocycles. The van der Waals surface area contributed by atoms with Gasteiger partial charge in [0.25, 0.3) is 0 Å². The molecular weight excluding hydrogens is 210 g/mol. The molecule has 17 heavy (non-hydrogen) atoms. The van der Waals surface area contributed by atoms with Crippen LogP contribution in [0.4, 0.5) is 0 Å². The first-order chi connectivity index (χ1) is 8.40. The minimum Gasteiger partial charge on any atom is -0.496 e. The van der Waals surface area contributed by atoms with E-state index in [-0.39, 0.29) is 0 Å². The summed E-state index contributed by atoms with van der Waals surface area (Å²) in [5.41, 5.74) is 1.25. The number of para-hydroxylation sites is 1. The summed E-state index contributed by atoms with van der Waals surface area (Å²) >= 11 is 0. The summed E-state index contributed by atoms with van der Waals surface area (Å²) in [5, 5.41) is 3.50. The standard InChI is InChI=1S/C15H21NO/c1-17-15-9-5-4-8-13(15)7-3-2-6-12-16-14-10-11-14/h2-5,8-9,14,16H,6-7,10-12H2,1H3. The molecule has 1 N–H and O–H groups in total. The number of nitrogens with one attached hydrogen (secondary N) is 1. The predicted molar refractivity (Wildman–Crippen MR) is 71.5 cm³/mol. The Labute approximate surface area is 104 Å². The van der Waals surface area contributed by atoms with E-state index in [4.69, 9.17) is 4.74 Å². The summed E-state index contributed by atoms with van der Waals surface area (Å²) in [7, 11) is 1.72. The molecule has 1 aliphatic rings. The lowest BCUT2D eigenvalue weighted by Gasteiger charge is -2.05. The number of ether oxygens (including phenoxy) is 1. The fourth-order valence-electron chi connectivity index (χ4n) is 1.86. The zero-order chi connectivity index (χ0) is 11.9. The Hall–Kier alpha value is -1.28. The first-order valence-electron chi connectivity index (χ1n) is 6.40. The SMILES string of the molecule is COc1ccccc1CC=CCCNC1CC1. The molecule has 0 spiro atoms. The maximum atomic E-state index is 5.32. The lowest BCUT2D eigenvalue weighted by molar-refractivity contribution is 0.410. The lowest BCUT2D eigenvalue weighted by Crippen LogP contribution is -2.16. The highest BCUT2D eigenvalue weighted by atomic mass is 16.5. The van der Waals surface area contributed by atoms with E-state index in [2.05, 4.69) is 29.6 Å². The topological polar surface area (TPSA) is 21.3 Å². The van der Waals surface area contributed by atoms with Gasteiger partial charge in [0.1, 0.15) is 5.75 Å². The summed E-state index contributed by atoms with van der Waals surface area (Å²) in [6.45, 7) is 1.10. The largest absolute Gasteiger partial charge is 0.496 e. The molecule has 0 saturated heterocycles. The van der Waals surface area contributed by atoms with E-state index in [1.807, 2.05) is 12.1 Å². The van der Waals surface area contributed by atoms with Crippen molar-refractivity contribution >= 4 is 0 Å². The highest BCUT2D eigenvalue weighted by Crippen LogP contribution is 2.19. The second kappa shape index (κ2) is 6.45. The third kappa shape index (κ3) is 4.23. The Morgan fingerprint density at radius 2 is 2.12 bits per heavy atom. The smallest absolute Gasteiger partial charge is 0.122 e. The molecule has 2 nitrogen and oxygen atoms in total. The van der Waals surface area contributed by atoms with Crippen LogP contribution < -0.4 is 10.1 Å². The third-order valence-electron chi connectivity index (χ3n) is 3.02. The van der Waals surface area contributed by atoms with Crippen LogP contribution in [0.15, 0.2) is 36.4 Å². The van der Waals surface area contributed by atoms with Crippen LogP contribution in [0.1, 0.15) is 24.8 Å². The van der Waals surface area contributed by atoms with E-state index in [0.717, 1.165) is 31.2 Å². The number of rotatable bonds is 7. The summed E-state index contributed by atoms with van der Waals surface area (Å²) in [6.07, 6.45) is 9.28. The van der Waals surface area contributed by atoms with Crippen molar-refractivity contribution in [2.24, 2.45) is 0 Å². The van der Waals surface area contributed by atoms with Crippen molar-refractivity contribution in [2.45, 2.75) is 31.7 Å². The summed E-state index contributed by atoms with van der Waals surface area (Å²) in [4.78, 5) is 0. The van der Waals surface area contributed by atoms with Crippen molar-refractivity contribution in [1.29, 1.82) is 0 Å². The second-order valence-electron chi connectivity index (χ2n) is 4.50. The van der Waals surface area contributed by atoms with Gasteiger partial charge in [-0.25, -0.2) is 0 Å². The number of methoxy groups -OCH3 is 1. The first kappa shape index (κ1) is 12.2. The zero-order valence-electron chi connectivity index (χ0n) is 10.5. The maximum Gasteiger partial charge on any atom is 0.122 e. The van der Waals surface area contributed by atoms with Crippen LogP contribution in [0.25, 0.3) is 0 Å². The van der Waals surface area contributed by atoms with Gasteiger partial charge in [-0.2, -0.15) is 0 Å². The van der Waals surface area contributed by atoms with Crippen molar-refractivity contribution in [3.8, 4) is 5.75 Å². The number of allylic oxidation sites excluding steroid dienone is 1. The Balaban J connectivity index is 1.70. The Bertz CT molecular complexity index is 369. The molecule has 2 heteroatoms. The molecule has 2 rings (SSSR count). The van der Waals surface area contributed by atoms with E-state index in [9.17, 15) is 0 Å². The fraction of sp³-hybridized carbons (Fsp3) is 0.467. The Kier molecular flexibility index (Phi) is 4.63. The van der Waals surface area contributed by atoms with Gasteiger partial charge < -0.3 is 10.1 Å². The maximum absolute atomic E-state index is 5.32. The molecule has 92 valence electrons. The van der Waals surface area contributed by atoms with E-state index in [1.54, 1.807) is 7.11 Å². The van der Waals surface area contributed by atoms with Crippen LogP contribution in [-0.4, -0.2) is 19.7 Å². The van der Waals surface area contributed by atoms with Crippen molar-refractivity contribution < 1.29 is 4.74 Å². The van der Waals surface area contributed by atoms with Gasteiger partial charge in [0, 0.05) is 6.04 Å². The molecule has 1 aromatic rings. The van der Waals surface area contributed by atoms with Gasteiger partial charge in [0.05, 0.1) is 7.11 Å². The van der Waals surface area contributed by atoms with Crippen LogP contribution in [0, 0.1) is 0 Å². The van der Waals surface area contributed by atoms with Crippen molar-refractivity contribution in [2.75, 3.05) is 13.7 Å². The quantitative estimate of drug-likeness (QED) is 0.575. The van der Waals surface area contributed by atoms with Crippen LogP contribution in [0.2, 0.25) is 0 Å². The predicted octanol–water partition coefficient (Wildman–Crippen LogP) is 2.94. The fourth-order valence-corrected chi connectivity index (χ4v) is 1.86. The Morgan fingerprint density at radius 1 is 1.29 bits per heavy atom. The monoisotopic (exact) mass is 231 g/mol. The molecule has 0 aromatic heterocycles. The van der Waals surface area contributed by atoms with Crippen molar-refractivity contribution in [1.82, 2.24) is 5.32 Å². The molecule has 1 aliphatic carbocycles. The molecular formula is C15H21NO. The molecule has 0 amide bonds. The van der Waals surface area contributed by atoms with Crippen LogP contribution in [-0.2, 0) is 6.42 Å². The summed E-state index contributed by atoms with van der Waals surface area (Å²) in [6, 6.07) is 9.01. The van der Waals surface area contributed by atoms with E-state index in [0.29, 0.717) is 0 Å². The molecule has 1 saturated carbocycles. The van der Waals surface area contributed by atoms with E-state index < -0.39 is 0 Å². The minimum atomic E-state index is 0.817. The van der Waals surface area contributed by atoms with Crippen molar-refractivity contribution in [3.05, 3.63) is 42.0 Å². The second-order valence-corrected chi connectivity index (χ2v) is 4.50. The highest BCUT2D eigenvalue weighted by Gasteiger charge is 2.19. The molecule has 0 bridgehead atoms. The number of benzene rings is 1. The normalized spacial score (nSPS) is 15.4. The first-order valence-corrected chi connectivity index (χ1v) is 6.40. The zero-order valence-corrected chi connectivity index (χ0v) is 10.5. The number of hydrogen-bond donors (Lipinski definition) is 1. The summed E-state index contributed by atoms with van der Waals surface area (Å²) in [5.74, 6) is 0.980. The molecule has 0 heterocycles. The van der Waals surface area contributed by atoms with Gasteiger partial charge in [0.2, 0.25) is 0 Å². The Morgan fingerprint density at radius 3 is 2.88 bits per heavy atom. The van der Waals surface area contributed by atoms with Crippen molar-refractivity contribution in [3.63, 3.8) is 0 Å². The number of hydrogen-bond acceptors (Lipinski definition) is 2. The average molecular weight is 231 g/mol.